The third-order valence-electron chi connectivity index (χ3n) is 2.24. The van der Waals surface area contributed by atoms with Gasteiger partial charge in [0.05, 0.1) is 13.2 Å². The van der Waals surface area contributed by atoms with Gasteiger partial charge in [0.25, 0.3) is 0 Å². The fraction of sp³-hybridized carbons (Fsp3) is 1.00. The predicted octanol–water partition coefficient (Wildman–Crippen LogP) is -3.10. The van der Waals surface area contributed by atoms with Gasteiger partial charge in [-0.25, -0.2) is 4.57 Å². The molecular formula is C6H13O9P. The molecule has 96 valence electrons. The summed E-state index contributed by atoms with van der Waals surface area (Å²) >= 11 is 0. The van der Waals surface area contributed by atoms with E-state index in [-0.39, 0.29) is 0 Å². The number of rotatable bonds is 3. The highest BCUT2D eigenvalue weighted by Gasteiger charge is 2.56. The van der Waals surface area contributed by atoms with Crippen molar-refractivity contribution in [1.82, 2.24) is 0 Å². The van der Waals surface area contributed by atoms with Gasteiger partial charge < -0.3 is 34.9 Å². The van der Waals surface area contributed by atoms with Gasteiger partial charge in [-0.3, -0.25) is 4.52 Å². The highest BCUT2D eigenvalue weighted by Crippen LogP contribution is 2.45. The van der Waals surface area contributed by atoms with E-state index in [1.807, 2.05) is 0 Å². The average Bonchev–Trinajstić information content (AvgIpc) is 2.17. The standard InChI is InChI=1S/C6H13O9P/c7-2-6(15-16(11,12)13)4(9)3(8)1-14-5(6)10/h3-5,7-10H,1-2H2,(H2,11,12,13)/t3-,4-,5?,6-/m1/s1. The third-order valence-corrected chi connectivity index (χ3v) is 2.82. The Bertz CT molecular complexity index is 290. The van der Waals surface area contributed by atoms with Crippen molar-refractivity contribution in [2.45, 2.75) is 24.1 Å². The summed E-state index contributed by atoms with van der Waals surface area (Å²) < 4.78 is 19.3. The molecule has 16 heavy (non-hydrogen) atoms. The number of aliphatic hydroxyl groups excluding tert-OH is 4. The Hall–Kier alpha value is -0.0900. The Morgan fingerprint density at radius 1 is 1.38 bits per heavy atom. The van der Waals surface area contributed by atoms with Gasteiger partial charge in [-0.15, -0.1) is 0 Å². The van der Waals surface area contributed by atoms with Crippen molar-refractivity contribution >= 4 is 7.82 Å². The second-order valence-electron chi connectivity index (χ2n) is 3.39. The summed E-state index contributed by atoms with van der Waals surface area (Å²) in [6, 6.07) is 0. The highest BCUT2D eigenvalue weighted by molar-refractivity contribution is 7.46. The molecule has 1 aliphatic heterocycles. The lowest BCUT2D eigenvalue weighted by Gasteiger charge is -2.44. The molecule has 0 amide bonds. The second kappa shape index (κ2) is 4.65. The first-order chi connectivity index (χ1) is 7.23. The summed E-state index contributed by atoms with van der Waals surface area (Å²) in [5, 5.41) is 37.1. The van der Waals surface area contributed by atoms with Gasteiger partial charge in [-0.1, -0.05) is 0 Å². The highest BCUT2D eigenvalue weighted by atomic mass is 31.2. The van der Waals surface area contributed by atoms with Crippen LogP contribution in [-0.4, -0.2) is 67.5 Å². The van der Waals surface area contributed by atoms with Crippen LogP contribution in [0.5, 0.6) is 0 Å². The summed E-state index contributed by atoms with van der Waals surface area (Å²) in [6.07, 6.45) is -5.40. The number of phosphoric ester groups is 1. The molecule has 4 atom stereocenters. The van der Waals surface area contributed by atoms with Crippen molar-refractivity contribution < 1.29 is 44.0 Å². The largest absolute Gasteiger partial charge is 0.470 e. The summed E-state index contributed by atoms with van der Waals surface area (Å²) in [5.74, 6) is 0. The first kappa shape index (κ1) is 14.0. The molecule has 1 saturated heterocycles. The van der Waals surface area contributed by atoms with Gasteiger partial charge in [-0.2, -0.15) is 0 Å². The molecule has 1 rings (SSSR count). The van der Waals surface area contributed by atoms with Crippen molar-refractivity contribution in [2.24, 2.45) is 0 Å². The molecule has 1 fully saturated rings. The van der Waals surface area contributed by atoms with Crippen LogP contribution in [0.25, 0.3) is 0 Å². The molecule has 0 aromatic carbocycles. The topological polar surface area (TPSA) is 157 Å². The maximum atomic E-state index is 10.7. The normalized spacial score (nSPS) is 41.0. The summed E-state index contributed by atoms with van der Waals surface area (Å²) in [7, 11) is -5.09. The molecule has 1 heterocycles. The molecule has 10 heteroatoms. The van der Waals surface area contributed by atoms with Crippen LogP contribution < -0.4 is 0 Å². The van der Waals surface area contributed by atoms with E-state index in [0.717, 1.165) is 0 Å². The number of phosphoric acid groups is 1. The van der Waals surface area contributed by atoms with Gasteiger partial charge in [0.1, 0.15) is 12.2 Å². The Balaban J connectivity index is 3.01. The SMILES string of the molecule is O=P(O)(O)O[C@@]1(CO)C(O)OC[C@@H](O)[C@H]1O. The Labute approximate surface area is 90.1 Å². The molecular weight excluding hydrogens is 247 g/mol. The van der Waals surface area contributed by atoms with Crippen molar-refractivity contribution in [3.05, 3.63) is 0 Å². The van der Waals surface area contributed by atoms with Crippen LogP contribution >= 0.6 is 7.82 Å². The Morgan fingerprint density at radius 3 is 2.38 bits per heavy atom. The van der Waals surface area contributed by atoms with Crippen LogP contribution in [0.4, 0.5) is 0 Å². The van der Waals surface area contributed by atoms with Gasteiger partial charge in [-0.05, 0) is 0 Å². The van der Waals surface area contributed by atoms with E-state index in [1.54, 1.807) is 0 Å². The van der Waals surface area contributed by atoms with Gasteiger partial charge in [0.15, 0.2) is 11.9 Å². The van der Waals surface area contributed by atoms with Crippen LogP contribution in [0.2, 0.25) is 0 Å². The summed E-state index contributed by atoms with van der Waals surface area (Å²) in [6.45, 7) is -1.59. The fourth-order valence-electron chi connectivity index (χ4n) is 1.41. The third kappa shape index (κ3) is 2.59. The minimum absolute atomic E-state index is 0.450. The molecule has 6 N–H and O–H groups in total. The molecule has 0 radical (unpaired) electrons. The second-order valence-corrected chi connectivity index (χ2v) is 4.56. The Morgan fingerprint density at radius 2 is 1.94 bits per heavy atom. The van der Waals surface area contributed by atoms with Crippen molar-refractivity contribution in [3.8, 4) is 0 Å². The Kier molecular flexibility index (Phi) is 4.06. The first-order valence-corrected chi connectivity index (χ1v) is 5.79. The monoisotopic (exact) mass is 260 g/mol. The van der Waals surface area contributed by atoms with E-state index in [4.69, 9.17) is 14.9 Å². The lowest BCUT2D eigenvalue weighted by atomic mass is 9.90. The predicted molar refractivity (Wildman–Crippen MR) is 46.9 cm³/mol. The number of hydrogen-bond acceptors (Lipinski definition) is 7. The molecule has 0 saturated carbocycles. The number of aliphatic hydroxyl groups is 4. The molecule has 0 spiro atoms. The number of ether oxygens (including phenoxy) is 1. The first-order valence-electron chi connectivity index (χ1n) is 4.26. The lowest BCUT2D eigenvalue weighted by Crippen LogP contribution is -2.65. The van der Waals surface area contributed by atoms with Crippen LogP contribution in [0.15, 0.2) is 0 Å². The van der Waals surface area contributed by atoms with Crippen LogP contribution in [0, 0.1) is 0 Å². The molecule has 1 aliphatic rings. The molecule has 1 unspecified atom stereocenters. The quantitative estimate of drug-likeness (QED) is 0.289. The van der Waals surface area contributed by atoms with Crippen LogP contribution in [0.3, 0.4) is 0 Å². The average molecular weight is 260 g/mol. The van der Waals surface area contributed by atoms with Gasteiger partial charge in [0.2, 0.25) is 0 Å². The molecule has 0 aromatic rings. The molecule has 0 bridgehead atoms. The molecule has 9 nitrogen and oxygen atoms in total. The van der Waals surface area contributed by atoms with E-state index in [0.29, 0.717) is 0 Å². The van der Waals surface area contributed by atoms with Gasteiger partial charge >= 0.3 is 7.82 Å². The van der Waals surface area contributed by atoms with Crippen LogP contribution in [-0.2, 0) is 13.8 Å². The minimum atomic E-state index is -5.09. The van der Waals surface area contributed by atoms with Crippen molar-refractivity contribution in [2.75, 3.05) is 13.2 Å². The fourth-order valence-corrected chi connectivity index (χ4v) is 2.11. The lowest BCUT2D eigenvalue weighted by molar-refractivity contribution is -0.303. The zero-order valence-electron chi connectivity index (χ0n) is 8.00. The van der Waals surface area contributed by atoms with E-state index < -0.39 is 45.1 Å². The maximum absolute atomic E-state index is 10.7. The maximum Gasteiger partial charge on any atom is 0.470 e. The van der Waals surface area contributed by atoms with E-state index in [1.165, 1.54) is 0 Å². The van der Waals surface area contributed by atoms with E-state index in [9.17, 15) is 19.9 Å². The van der Waals surface area contributed by atoms with E-state index >= 15 is 0 Å². The summed E-state index contributed by atoms with van der Waals surface area (Å²) in [4.78, 5) is 17.2. The minimum Gasteiger partial charge on any atom is -0.393 e. The zero-order chi connectivity index (χ0) is 12.6. The molecule has 0 aromatic heterocycles. The van der Waals surface area contributed by atoms with Crippen molar-refractivity contribution in [1.29, 1.82) is 0 Å². The van der Waals surface area contributed by atoms with Crippen LogP contribution in [0.1, 0.15) is 0 Å². The smallest absolute Gasteiger partial charge is 0.393 e. The van der Waals surface area contributed by atoms with E-state index in [2.05, 4.69) is 9.26 Å². The zero-order valence-corrected chi connectivity index (χ0v) is 8.90. The number of hydrogen-bond donors (Lipinski definition) is 6. The van der Waals surface area contributed by atoms with Gasteiger partial charge in [0, 0.05) is 0 Å². The summed E-state index contributed by atoms with van der Waals surface area (Å²) in [5.41, 5.74) is -2.48. The molecule has 0 aliphatic carbocycles. The van der Waals surface area contributed by atoms with Crippen molar-refractivity contribution in [3.63, 3.8) is 0 Å².